The Labute approximate surface area is 91.5 Å². The van der Waals surface area contributed by atoms with Crippen LogP contribution in [-0.4, -0.2) is 35.1 Å². The molecular weight excluding hydrogens is 190 g/mol. The largest absolute Gasteiger partial charge is 0.481 e. The van der Waals surface area contributed by atoms with E-state index in [1.165, 1.54) is 12.8 Å². The molecular formula is C12H21NO2. The lowest BCUT2D eigenvalue weighted by Gasteiger charge is -2.38. The summed E-state index contributed by atoms with van der Waals surface area (Å²) in [5.41, 5.74) is 0. The highest BCUT2D eigenvalue weighted by atomic mass is 16.4. The fourth-order valence-corrected chi connectivity index (χ4v) is 2.73. The van der Waals surface area contributed by atoms with Crippen LogP contribution in [0.5, 0.6) is 0 Å². The van der Waals surface area contributed by atoms with E-state index >= 15 is 0 Å². The Morgan fingerprint density at radius 2 is 2.20 bits per heavy atom. The maximum atomic E-state index is 10.7. The number of hydrogen-bond acceptors (Lipinski definition) is 2. The first-order valence-electron chi connectivity index (χ1n) is 6.06. The van der Waals surface area contributed by atoms with E-state index in [0.29, 0.717) is 12.0 Å². The van der Waals surface area contributed by atoms with Gasteiger partial charge in [0.1, 0.15) is 0 Å². The standard InChI is InChI=1S/C12H21NO2/c1-8-4-3-5-13(9(8)2)7-10-6-11(10)12(14)15/h8-11H,3-7H2,1-2H3,(H,14,15). The Hall–Kier alpha value is -0.570. The van der Waals surface area contributed by atoms with Crippen LogP contribution in [0, 0.1) is 17.8 Å². The molecule has 0 amide bonds. The van der Waals surface area contributed by atoms with Gasteiger partial charge in [0.05, 0.1) is 5.92 Å². The highest BCUT2D eigenvalue weighted by Gasteiger charge is 2.44. The molecule has 86 valence electrons. The molecule has 4 unspecified atom stereocenters. The van der Waals surface area contributed by atoms with Crippen molar-refractivity contribution in [2.24, 2.45) is 17.8 Å². The van der Waals surface area contributed by atoms with Gasteiger partial charge in [-0.2, -0.15) is 0 Å². The number of aliphatic carboxylic acids is 1. The number of carbonyl (C=O) groups is 1. The first-order valence-corrected chi connectivity index (χ1v) is 6.06. The molecule has 2 fully saturated rings. The molecule has 4 atom stereocenters. The van der Waals surface area contributed by atoms with E-state index < -0.39 is 5.97 Å². The predicted octanol–water partition coefficient (Wildman–Crippen LogP) is 1.83. The molecule has 2 rings (SSSR count). The lowest BCUT2D eigenvalue weighted by molar-refractivity contribution is -0.138. The number of rotatable bonds is 3. The Morgan fingerprint density at radius 3 is 2.80 bits per heavy atom. The summed E-state index contributed by atoms with van der Waals surface area (Å²) < 4.78 is 0. The van der Waals surface area contributed by atoms with E-state index in [2.05, 4.69) is 18.7 Å². The van der Waals surface area contributed by atoms with Crippen molar-refractivity contribution in [1.82, 2.24) is 4.90 Å². The Morgan fingerprint density at radius 1 is 1.47 bits per heavy atom. The van der Waals surface area contributed by atoms with Gasteiger partial charge in [-0.1, -0.05) is 6.92 Å². The van der Waals surface area contributed by atoms with Crippen LogP contribution >= 0.6 is 0 Å². The molecule has 1 N–H and O–H groups in total. The first-order chi connectivity index (χ1) is 7.09. The van der Waals surface area contributed by atoms with Gasteiger partial charge in [0, 0.05) is 12.6 Å². The van der Waals surface area contributed by atoms with Gasteiger partial charge in [0.2, 0.25) is 0 Å². The fourth-order valence-electron chi connectivity index (χ4n) is 2.73. The zero-order valence-corrected chi connectivity index (χ0v) is 9.65. The smallest absolute Gasteiger partial charge is 0.306 e. The van der Waals surface area contributed by atoms with Crippen molar-refractivity contribution in [3.8, 4) is 0 Å². The first kappa shape index (κ1) is 10.9. The normalized spacial score (nSPS) is 41.5. The van der Waals surface area contributed by atoms with Crippen molar-refractivity contribution in [2.75, 3.05) is 13.1 Å². The summed E-state index contributed by atoms with van der Waals surface area (Å²) in [5, 5.41) is 8.85. The van der Waals surface area contributed by atoms with E-state index in [9.17, 15) is 4.79 Å². The summed E-state index contributed by atoms with van der Waals surface area (Å²) >= 11 is 0. The monoisotopic (exact) mass is 211 g/mol. The van der Waals surface area contributed by atoms with Crippen LogP contribution in [-0.2, 0) is 4.79 Å². The topological polar surface area (TPSA) is 40.5 Å². The van der Waals surface area contributed by atoms with Gasteiger partial charge in [-0.15, -0.1) is 0 Å². The second-order valence-corrected chi connectivity index (χ2v) is 5.30. The molecule has 1 heterocycles. The van der Waals surface area contributed by atoms with Crippen molar-refractivity contribution in [3.05, 3.63) is 0 Å². The maximum Gasteiger partial charge on any atom is 0.306 e. The van der Waals surface area contributed by atoms with Gasteiger partial charge < -0.3 is 10.0 Å². The molecule has 0 aromatic rings. The van der Waals surface area contributed by atoms with E-state index in [4.69, 9.17) is 5.11 Å². The van der Waals surface area contributed by atoms with Gasteiger partial charge in [0.15, 0.2) is 0 Å². The molecule has 0 aromatic carbocycles. The van der Waals surface area contributed by atoms with E-state index in [1.807, 2.05) is 0 Å². The molecule has 0 aromatic heterocycles. The summed E-state index contributed by atoms with van der Waals surface area (Å²) in [6.45, 7) is 6.75. The number of carboxylic acids is 1. The van der Waals surface area contributed by atoms with Gasteiger partial charge >= 0.3 is 5.97 Å². The average molecular weight is 211 g/mol. The number of carboxylic acid groups (broad SMARTS) is 1. The van der Waals surface area contributed by atoms with Crippen LogP contribution in [0.25, 0.3) is 0 Å². The molecule has 15 heavy (non-hydrogen) atoms. The number of piperidine rings is 1. The van der Waals surface area contributed by atoms with Crippen LogP contribution in [0.2, 0.25) is 0 Å². The quantitative estimate of drug-likeness (QED) is 0.774. The average Bonchev–Trinajstić information content (AvgIpc) is 2.92. The highest BCUT2D eigenvalue weighted by molar-refractivity contribution is 5.73. The highest BCUT2D eigenvalue weighted by Crippen LogP contribution is 2.40. The molecule has 2 aliphatic rings. The van der Waals surface area contributed by atoms with Gasteiger partial charge in [-0.25, -0.2) is 0 Å². The molecule has 0 bridgehead atoms. The minimum atomic E-state index is -0.599. The Kier molecular flexibility index (Phi) is 3.01. The molecule has 1 aliphatic heterocycles. The van der Waals surface area contributed by atoms with Crippen molar-refractivity contribution in [2.45, 2.75) is 39.2 Å². The number of likely N-dealkylation sites (tertiary alicyclic amines) is 1. The second kappa shape index (κ2) is 4.12. The molecule has 0 spiro atoms. The van der Waals surface area contributed by atoms with E-state index in [-0.39, 0.29) is 5.92 Å². The zero-order chi connectivity index (χ0) is 11.0. The van der Waals surface area contributed by atoms with Crippen molar-refractivity contribution in [3.63, 3.8) is 0 Å². The third-order valence-electron chi connectivity index (χ3n) is 4.21. The lowest BCUT2D eigenvalue weighted by Crippen LogP contribution is -2.43. The second-order valence-electron chi connectivity index (χ2n) is 5.30. The molecule has 1 aliphatic carbocycles. The summed E-state index contributed by atoms with van der Waals surface area (Å²) in [6.07, 6.45) is 3.49. The minimum Gasteiger partial charge on any atom is -0.481 e. The lowest BCUT2D eigenvalue weighted by atomic mass is 9.92. The van der Waals surface area contributed by atoms with Gasteiger partial charge in [0.25, 0.3) is 0 Å². The van der Waals surface area contributed by atoms with Crippen LogP contribution in [0.3, 0.4) is 0 Å². The Bertz CT molecular complexity index is 254. The predicted molar refractivity (Wildman–Crippen MR) is 58.7 cm³/mol. The fraction of sp³-hybridized carbons (Fsp3) is 0.917. The SMILES string of the molecule is CC1CCCN(CC2CC2C(=O)O)C1C. The van der Waals surface area contributed by atoms with Crippen molar-refractivity contribution < 1.29 is 9.90 Å². The van der Waals surface area contributed by atoms with Crippen molar-refractivity contribution >= 4 is 5.97 Å². The minimum absolute atomic E-state index is 0.0468. The molecule has 0 radical (unpaired) electrons. The van der Waals surface area contributed by atoms with Gasteiger partial charge in [-0.3, -0.25) is 4.79 Å². The molecule has 1 saturated carbocycles. The summed E-state index contributed by atoms with van der Waals surface area (Å²) in [6, 6.07) is 0.633. The zero-order valence-electron chi connectivity index (χ0n) is 9.65. The summed E-state index contributed by atoms with van der Waals surface area (Å²) in [5.74, 6) is 0.545. The third-order valence-corrected chi connectivity index (χ3v) is 4.21. The molecule has 3 heteroatoms. The van der Waals surface area contributed by atoms with E-state index in [0.717, 1.165) is 25.4 Å². The summed E-state index contributed by atoms with van der Waals surface area (Å²) in [7, 11) is 0. The van der Waals surface area contributed by atoms with Crippen LogP contribution in [0.4, 0.5) is 0 Å². The van der Waals surface area contributed by atoms with E-state index in [1.54, 1.807) is 0 Å². The Balaban J connectivity index is 1.82. The maximum absolute atomic E-state index is 10.7. The number of hydrogen-bond donors (Lipinski definition) is 1. The number of nitrogens with zero attached hydrogens (tertiary/aromatic N) is 1. The molecule has 3 nitrogen and oxygen atoms in total. The van der Waals surface area contributed by atoms with Crippen LogP contribution in [0.15, 0.2) is 0 Å². The van der Waals surface area contributed by atoms with Crippen LogP contribution in [0.1, 0.15) is 33.1 Å². The summed E-state index contributed by atoms with van der Waals surface area (Å²) in [4.78, 5) is 13.2. The molecule has 1 saturated heterocycles. The van der Waals surface area contributed by atoms with Crippen LogP contribution < -0.4 is 0 Å². The van der Waals surface area contributed by atoms with Gasteiger partial charge in [-0.05, 0) is 44.6 Å². The van der Waals surface area contributed by atoms with Crippen molar-refractivity contribution in [1.29, 1.82) is 0 Å². The third kappa shape index (κ3) is 2.33.